The Morgan fingerprint density at radius 3 is 2.83 bits per heavy atom. The number of alkyl halides is 1. The molecule has 1 aromatic carbocycles. The SMILES string of the molecule is CCCNc1nc(N)nc2c1ncn2C1O[C@H](COc2ccccc2O[P+]([O-])=NC(C)C(=O)OC)[C@@H](O)[C@@]1(C)F. The lowest BCUT2D eigenvalue weighted by Gasteiger charge is -2.24. The van der Waals surface area contributed by atoms with Gasteiger partial charge in [0.2, 0.25) is 11.7 Å². The predicted octanol–water partition coefficient (Wildman–Crippen LogP) is 2.09. The summed E-state index contributed by atoms with van der Waals surface area (Å²) in [6, 6.07) is 5.28. The molecule has 0 amide bonds. The number of nitrogens with zero attached hydrogens (tertiary/aromatic N) is 5. The number of carbonyl (C=O) groups excluding carboxylic acids is 1. The highest BCUT2D eigenvalue weighted by Crippen LogP contribution is 2.43. The van der Waals surface area contributed by atoms with E-state index in [1.165, 1.54) is 44.0 Å². The number of fused-ring (bicyclic) bond motifs is 1. The van der Waals surface area contributed by atoms with Crippen LogP contribution in [0.2, 0.25) is 0 Å². The van der Waals surface area contributed by atoms with Crippen molar-refractivity contribution in [2.24, 2.45) is 4.74 Å². The zero-order valence-electron chi connectivity index (χ0n) is 22.4. The van der Waals surface area contributed by atoms with Crippen molar-refractivity contribution < 1.29 is 37.9 Å². The second-order valence-corrected chi connectivity index (χ2v) is 10.1. The van der Waals surface area contributed by atoms with Crippen molar-refractivity contribution in [3.63, 3.8) is 0 Å². The van der Waals surface area contributed by atoms with Gasteiger partial charge in [-0.2, -0.15) is 9.97 Å². The number of rotatable bonds is 11. The van der Waals surface area contributed by atoms with Crippen LogP contribution in [0.4, 0.5) is 16.2 Å². The number of aromatic nitrogens is 4. The smallest absolute Gasteiger partial charge is 0.395 e. The van der Waals surface area contributed by atoms with Gasteiger partial charge in [0, 0.05) is 6.54 Å². The van der Waals surface area contributed by atoms with E-state index in [9.17, 15) is 14.8 Å². The number of esters is 1. The number of methoxy groups -OCH3 is 1. The van der Waals surface area contributed by atoms with E-state index in [0.29, 0.717) is 17.9 Å². The Kier molecular flexibility index (Phi) is 8.98. The lowest BCUT2D eigenvalue weighted by Crippen LogP contribution is -2.41. The van der Waals surface area contributed by atoms with Gasteiger partial charge in [-0.05, 0) is 32.4 Å². The normalized spacial score (nSPS) is 23.7. The molecule has 1 saturated heterocycles. The van der Waals surface area contributed by atoms with E-state index < -0.39 is 44.3 Å². The molecular formula is C24H31FN7O7P. The third-order valence-corrected chi connectivity index (χ3v) is 7.08. The number of carbonyl (C=O) groups is 1. The third kappa shape index (κ3) is 6.07. The number of ether oxygens (including phenoxy) is 3. The summed E-state index contributed by atoms with van der Waals surface area (Å²) in [5.41, 5.74) is 4.24. The summed E-state index contributed by atoms with van der Waals surface area (Å²) < 4.78 is 42.7. The molecule has 40 heavy (non-hydrogen) atoms. The number of hydrogen-bond acceptors (Lipinski definition) is 13. The molecule has 3 unspecified atom stereocenters. The molecule has 4 N–H and O–H groups in total. The minimum atomic E-state index is -2.64. The number of nitrogens with two attached hydrogens (primary N) is 1. The van der Waals surface area contributed by atoms with Crippen molar-refractivity contribution in [2.75, 3.05) is 31.3 Å². The van der Waals surface area contributed by atoms with Gasteiger partial charge >= 0.3 is 14.1 Å². The van der Waals surface area contributed by atoms with Gasteiger partial charge in [-0.1, -0.05) is 23.8 Å². The van der Waals surface area contributed by atoms with Gasteiger partial charge in [0.25, 0.3) is 0 Å². The monoisotopic (exact) mass is 579 g/mol. The van der Waals surface area contributed by atoms with Gasteiger partial charge < -0.3 is 35.3 Å². The molecule has 2 aromatic heterocycles. The first-order valence-corrected chi connectivity index (χ1v) is 13.6. The van der Waals surface area contributed by atoms with E-state index in [2.05, 4.69) is 29.8 Å². The minimum absolute atomic E-state index is 0.0329. The van der Waals surface area contributed by atoms with Gasteiger partial charge in [-0.3, -0.25) is 9.09 Å². The number of halogens is 1. The third-order valence-electron chi connectivity index (χ3n) is 6.19. The maximum Gasteiger partial charge on any atom is 0.395 e. The van der Waals surface area contributed by atoms with Crippen LogP contribution >= 0.6 is 8.17 Å². The highest BCUT2D eigenvalue weighted by molar-refractivity contribution is 7.34. The van der Waals surface area contributed by atoms with Crippen LogP contribution in [0.3, 0.4) is 0 Å². The number of nitrogens with one attached hydrogen (secondary N) is 1. The fourth-order valence-corrected chi connectivity index (χ4v) is 4.85. The maximum absolute atomic E-state index is 15.9. The maximum atomic E-state index is 15.9. The van der Waals surface area contributed by atoms with Crippen LogP contribution in [0.1, 0.15) is 33.4 Å². The van der Waals surface area contributed by atoms with E-state index in [0.717, 1.165) is 6.42 Å². The van der Waals surface area contributed by atoms with Crippen molar-refractivity contribution in [2.45, 2.75) is 57.3 Å². The highest BCUT2D eigenvalue weighted by Gasteiger charge is 2.55. The van der Waals surface area contributed by atoms with E-state index in [1.54, 1.807) is 12.1 Å². The van der Waals surface area contributed by atoms with Gasteiger partial charge in [-0.15, -0.1) is 0 Å². The lowest BCUT2D eigenvalue weighted by molar-refractivity contribution is -0.169. The number of anilines is 2. The predicted molar refractivity (Wildman–Crippen MR) is 141 cm³/mol. The van der Waals surface area contributed by atoms with Crippen LogP contribution in [0.25, 0.3) is 11.2 Å². The van der Waals surface area contributed by atoms with E-state index in [1.807, 2.05) is 6.92 Å². The summed E-state index contributed by atoms with van der Waals surface area (Å²) >= 11 is 0. The van der Waals surface area contributed by atoms with Gasteiger partial charge in [-0.25, -0.2) is 14.2 Å². The summed E-state index contributed by atoms with van der Waals surface area (Å²) in [6.45, 7) is 4.95. The number of imidazole rings is 1. The number of aliphatic hydroxyl groups is 1. The first kappa shape index (κ1) is 29.3. The lowest BCUT2D eigenvalue weighted by atomic mass is 9.98. The molecule has 0 radical (unpaired) electrons. The Hall–Kier alpha value is -3.65. The fourth-order valence-electron chi connectivity index (χ4n) is 4.11. The summed E-state index contributed by atoms with van der Waals surface area (Å²) in [5.74, 6) is -0.0802. The molecule has 0 bridgehead atoms. The van der Waals surface area contributed by atoms with Crippen molar-refractivity contribution in [1.82, 2.24) is 19.5 Å². The Morgan fingerprint density at radius 1 is 1.40 bits per heavy atom. The molecule has 6 atom stereocenters. The standard InChI is InChI=1S/C24H31FN7O7P/c1-5-10-27-19-17-20(30-23(26)29-19)32(12-28-17)22-24(3,25)18(33)16(38-22)11-37-14-8-6-7-9-15(14)39-40(35)31-13(2)21(34)36-4/h6-9,12-13,16,18,22,33H,5,10-11H2,1-4H3,(H3,26,27,29,30)/t13?,16-,18-,22?,24-/m1/s1. The summed E-state index contributed by atoms with van der Waals surface area (Å²) in [4.78, 5) is 36.6. The Balaban J connectivity index is 1.52. The first-order valence-electron chi connectivity index (χ1n) is 12.5. The molecule has 16 heteroatoms. The van der Waals surface area contributed by atoms with Crippen molar-refractivity contribution in [3.8, 4) is 11.5 Å². The number of aliphatic hydroxyl groups excluding tert-OH is 1. The molecule has 4 rings (SSSR count). The molecule has 1 aliphatic heterocycles. The molecular weight excluding hydrogens is 548 g/mol. The molecule has 0 aliphatic carbocycles. The number of para-hydroxylation sites is 2. The van der Waals surface area contributed by atoms with Crippen LogP contribution in [0.15, 0.2) is 35.3 Å². The van der Waals surface area contributed by atoms with Crippen molar-refractivity contribution >= 4 is 37.1 Å². The molecule has 216 valence electrons. The van der Waals surface area contributed by atoms with Crippen LogP contribution in [0, 0.1) is 0 Å². The molecule has 3 heterocycles. The van der Waals surface area contributed by atoms with Gasteiger partial charge in [0.05, 0.1) is 13.4 Å². The zero-order chi connectivity index (χ0) is 29.0. The molecule has 14 nitrogen and oxygen atoms in total. The van der Waals surface area contributed by atoms with Crippen molar-refractivity contribution in [1.29, 1.82) is 0 Å². The van der Waals surface area contributed by atoms with E-state index in [-0.39, 0.29) is 29.7 Å². The number of hydrogen-bond donors (Lipinski definition) is 3. The van der Waals surface area contributed by atoms with Crippen LogP contribution in [0.5, 0.6) is 11.5 Å². The zero-order valence-corrected chi connectivity index (χ0v) is 23.2. The van der Waals surface area contributed by atoms with Gasteiger partial charge in [0.15, 0.2) is 40.7 Å². The summed E-state index contributed by atoms with van der Waals surface area (Å²) in [6.07, 6.45) is -1.82. The second kappa shape index (κ2) is 12.3. The molecule has 3 aromatic rings. The van der Waals surface area contributed by atoms with Crippen LogP contribution in [-0.4, -0.2) is 74.8 Å². The summed E-state index contributed by atoms with van der Waals surface area (Å²) in [7, 11) is -1.45. The largest absolute Gasteiger partial charge is 0.575 e. The summed E-state index contributed by atoms with van der Waals surface area (Å²) in [5, 5.41) is 14.0. The quantitative estimate of drug-likeness (QED) is 0.222. The van der Waals surface area contributed by atoms with Crippen LogP contribution < -0.4 is 25.2 Å². The Labute approximate surface area is 230 Å². The first-order chi connectivity index (χ1) is 19.1. The van der Waals surface area contributed by atoms with Gasteiger partial charge in [0.1, 0.15) is 18.8 Å². The molecule has 0 saturated carbocycles. The Bertz CT molecular complexity index is 1390. The average Bonchev–Trinajstić information content (AvgIpc) is 3.43. The molecule has 1 aliphatic rings. The fraction of sp³-hybridized carbons (Fsp3) is 0.500. The van der Waals surface area contributed by atoms with E-state index in [4.69, 9.17) is 19.7 Å². The number of benzene rings is 1. The second-order valence-electron chi connectivity index (χ2n) is 9.21. The Morgan fingerprint density at radius 2 is 2.12 bits per heavy atom. The highest BCUT2D eigenvalue weighted by atomic mass is 31.1. The average molecular weight is 580 g/mol. The van der Waals surface area contributed by atoms with Crippen molar-refractivity contribution in [3.05, 3.63) is 30.6 Å². The molecule has 1 fully saturated rings. The van der Waals surface area contributed by atoms with Crippen LogP contribution in [-0.2, 0) is 14.3 Å². The molecule has 0 spiro atoms. The minimum Gasteiger partial charge on any atom is -0.575 e. The van der Waals surface area contributed by atoms with E-state index >= 15 is 4.39 Å². The number of nitrogen functional groups attached to an aromatic ring is 1. The topological polar surface area (TPSA) is 191 Å².